The van der Waals surface area contributed by atoms with Crippen molar-refractivity contribution < 1.29 is 0 Å². The Morgan fingerprint density at radius 1 is 0.960 bits per heavy atom. The van der Waals surface area contributed by atoms with E-state index in [1.807, 2.05) is 0 Å². The fourth-order valence-electron chi connectivity index (χ4n) is 4.75. The van der Waals surface area contributed by atoms with E-state index in [1.165, 1.54) is 65.5 Å². The quantitative estimate of drug-likeness (QED) is 0.574. The van der Waals surface area contributed by atoms with Gasteiger partial charge in [-0.05, 0) is 73.3 Å². The first-order valence-electron chi connectivity index (χ1n) is 9.76. The van der Waals surface area contributed by atoms with Crippen LogP contribution in [0.15, 0.2) is 54.1 Å². The van der Waals surface area contributed by atoms with Crippen molar-refractivity contribution in [2.45, 2.75) is 52.9 Å². The van der Waals surface area contributed by atoms with Gasteiger partial charge in [-0.2, -0.15) is 0 Å². The summed E-state index contributed by atoms with van der Waals surface area (Å²) < 4.78 is 0. The first-order valence-corrected chi connectivity index (χ1v) is 9.76. The van der Waals surface area contributed by atoms with E-state index >= 15 is 0 Å². The zero-order chi connectivity index (χ0) is 17.4. The SMILES string of the molecule is CCCC1CC2=C(C=C1c1cc(C)cc(C)c1)c1ccccc1CC2. The molecular weight excluding hydrogens is 300 g/mol. The van der Waals surface area contributed by atoms with E-state index in [9.17, 15) is 0 Å². The van der Waals surface area contributed by atoms with Gasteiger partial charge in [-0.3, -0.25) is 0 Å². The summed E-state index contributed by atoms with van der Waals surface area (Å²) in [5, 5.41) is 0. The van der Waals surface area contributed by atoms with Gasteiger partial charge in [0.1, 0.15) is 0 Å². The first kappa shape index (κ1) is 16.4. The van der Waals surface area contributed by atoms with Crippen molar-refractivity contribution in [1.29, 1.82) is 0 Å². The Morgan fingerprint density at radius 2 is 1.72 bits per heavy atom. The smallest absolute Gasteiger partial charge is 0.0118 e. The fraction of sp³-hybridized carbons (Fsp3) is 0.360. The molecule has 0 aliphatic heterocycles. The highest BCUT2D eigenvalue weighted by atomic mass is 14.3. The molecule has 128 valence electrons. The average Bonchev–Trinajstić information content (AvgIpc) is 2.60. The summed E-state index contributed by atoms with van der Waals surface area (Å²) in [7, 11) is 0. The molecule has 4 rings (SSSR count). The van der Waals surface area contributed by atoms with Crippen LogP contribution in [0.3, 0.4) is 0 Å². The van der Waals surface area contributed by atoms with E-state index in [2.05, 4.69) is 69.3 Å². The van der Waals surface area contributed by atoms with Gasteiger partial charge in [0.05, 0.1) is 0 Å². The molecule has 2 aromatic carbocycles. The molecule has 0 spiro atoms. The van der Waals surface area contributed by atoms with Crippen LogP contribution in [-0.2, 0) is 6.42 Å². The molecule has 2 aromatic rings. The molecule has 0 nitrogen and oxygen atoms in total. The molecule has 0 heterocycles. The lowest BCUT2D eigenvalue weighted by Gasteiger charge is -2.32. The fourth-order valence-corrected chi connectivity index (χ4v) is 4.75. The van der Waals surface area contributed by atoms with Crippen LogP contribution in [0, 0.1) is 19.8 Å². The van der Waals surface area contributed by atoms with Crippen molar-refractivity contribution in [3.05, 3.63) is 81.9 Å². The zero-order valence-corrected chi connectivity index (χ0v) is 15.7. The van der Waals surface area contributed by atoms with Gasteiger partial charge in [-0.1, -0.05) is 78.6 Å². The largest absolute Gasteiger partial charge is 0.0654 e. The Morgan fingerprint density at radius 3 is 2.48 bits per heavy atom. The number of aryl methyl sites for hydroxylation is 3. The van der Waals surface area contributed by atoms with E-state index in [0.29, 0.717) is 5.92 Å². The molecule has 0 radical (unpaired) electrons. The van der Waals surface area contributed by atoms with Crippen LogP contribution in [0.25, 0.3) is 11.1 Å². The molecule has 0 heteroatoms. The molecule has 25 heavy (non-hydrogen) atoms. The molecule has 0 bridgehead atoms. The second-order valence-electron chi connectivity index (χ2n) is 7.84. The van der Waals surface area contributed by atoms with Crippen molar-refractivity contribution in [3.8, 4) is 0 Å². The maximum Gasteiger partial charge on any atom is -0.0118 e. The number of fused-ring (bicyclic) bond motifs is 2. The predicted octanol–water partition coefficient (Wildman–Crippen LogP) is 6.91. The third-order valence-electron chi connectivity index (χ3n) is 5.81. The van der Waals surface area contributed by atoms with Crippen LogP contribution in [0.2, 0.25) is 0 Å². The minimum atomic E-state index is 0.676. The van der Waals surface area contributed by atoms with Crippen LogP contribution in [0.5, 0.6) is 0 Å². The summed E-state index contributed by atoms with van der Waals surface area (Å²) in [6.07, 6.45) is 8.77. The van der Waals surface area contributed by atoms with Crippen LogP contribution in [0.1, 0.15) is 60.4 Å². The van der Waals surface area contributed by atoms with Crippen molar-refractivity contribution in [2.24, 2.45) is 5.92 Å². The lowest BCUT2D eigenvalue weighted by atomic mass is 9.72. The number of hydrogen-bond donors (Lipinski definition) is 0. The summed E-state index contributed by atoms with van der Waals surface area (Å²) in [4.78, 5) is 0. The Kier molecular flexibility index (Phi) is 4.37. The Bertz CT molecular complexity index is 843. The second-order valence-corrected chi connectivity index (χ2v) is 7.84. The van der Waals surface area contributed by atoms with Crippen LogP contribution in [0.4, 0.5) is 0 Å². The van der Waals surface area contributed by atoms with E-state index in [0.717, 1.165) is 0 Å². The maximum absolute atomic E-state index is 2.53. The normalized spacial score (nSPS) is 19.3. The van der Waals surface area contributed by atoms with Gasteiger partial charge in [-0.25, -0.2) is 0 Å². The minimum absolute atomic E-state index is 0.676. The summed E-state index contributed by atoms with van der Waals surface area (Å²) in [5.74, 6) is 0.676. The Balaban J connectivity index is 1.85. The number of benzene rings is 2. The molecule has 1 unspecified atom stereocenters. The van der Waals surface area contributed by atoms with Crippen LogP contribution >= 0.6 is 0 Å². The Hall–Kier alpha value is -2.08. The maximum atomic E-state index is 2.53. The van der Waals surface area contributed by atoms with Gasteiger partial charge in [-0.15, -0.1) is 0 Å². The molecule has 1 atom stereocenters. The Labute approximate surface area is 152 Å². The molecule has 2 aliphatic rings. The van der Waals surface area contributed by atoms with Gasteiger partial charge < -0.3 is 0 Å². The van der Waals surface area contributed by atoms with Crippen molar-refractivity contribution in [3.63, 3.8) is 0 Å². The monoisotopic (exact) mass is 328 g/mol. The first-order chi connectivity index (χ1) is 12.2. The molecule has 0 fully saturated rings. The van der Waals surface area contributed by atoms with Gasteiger partial charge in [0, 0.05) is 0 Å². The van der Waals surface area contributed by atoms with E-state index in [4.69, 9.17) is 0 Å². The minimum Gasteiger partial charge on any atom is -0.0654 e. The summed E-state index contributed by atoms with van der Waals surface area (Å²) in [5.41, 5.74) is 11.9. The number of hydrogen-bond acceptors (Lipinski definition) is 0. The predicted molar refractivity (Wildman–Crippen MR) is 109 cm³/mol. The third-order valence-corrected chi connectivity index (χ3v) is 5.81. The van der Waals surface area contributed by atoms with E-state index in [-0.39, 0.29) is 0 Å². The van der Waals surface area contributed by atoms with Crippen molar-refractivity contribution in [1.82, 2.24) is 0 Å². The molecule has 2 aliphatic carbocycles. The van der Waals surface area contributed by atoms with Crippen LogP contribution < -0.4 is 0 Å². The molecular formula is C25H28. The second kappa shape index (κ2) is 6.67. The van der Waals surface area contributed by atoms with E-state index < -0.39 is 0 Å². The summed E-state index contributed by atoms with van der Waals surface area (Å²) >= 11 is 0. The average molecular weight is 328 g/mol. The molecule has 0 N–H and O–H groups in total. The highest BCUT2D eigenvalue weighted by Crippen LogP contribution is 2.45. The molecule has 0 aromatic heterocycles. The summed E-state index contributed by atoms with van der Waals surface area (Å²) in [6.45, 7) is 6.75. The standard InChI is InChI=1S/C25H28/c1-4-7-20-15-21-11-10-19-8-5-6-9-23(19)25(21)16-24(20)22-13-17(2)12-18(3)14-22/h5-6,8-9,12-14,16,20H,4,7,10-11,15H2,1-3H3. The highest BCUT2D eigenvalue weighted by Gasteiger charge is 2.27. The lowest BCUT2D eigenvalue weighted by molar-refractivity contribution is 0.574. The highest BCUT2D eigenvalue weighted by molar-refractivity contribution is 5.90. The van der Waals surface area contributed by atoms with Gasteiger partial charge in [0.2, 0.25) is 0 Å². The van der Waals surface area contributed by atoms with E-state index in [1.54, 1.807) is 11.1 Å². The molecule has 0 amide bonds. The van der Waals surface area contributed by atoms with Crippen LogP contribution in [-0.4, -0.2) is 0 Å². The van der Waals surface area contributed by atoms with Gasteiger partial charge >= 0.3 is 0 Å². The lowest BCUT2D eigenvalue weighted by Crippen LogP contribution is -2.15. The summed E-state index contributed by atoms with van der Waals surface area (Å²) in [6, 6.07) is 16.0. The molecule has 0 saturated carbocycles. The molecule has 0 saturated heterocycles. The van der Waals surface area contributed by atoms with Gasteiger partial charge in [0.15, 0.2) is 0 Å². The van der Waals surface area contributed by atoms with Crippen molar-refractivity contribution >= 4 is 11.1 Å². The van der Waals surface area contributed by atoms with Crippen molar-refractivity contribution in [2.75, 3.05) is 0 Å². The topological polar surface area (TPSA) is 0 Å². The zero-order valence-electron chi connectivity index (χ0n) is 15.7. The number of rotatable bonds is 3. The number of allylic oxidation sites excluding steroid dienone is 4. The third kappa shape index (κ3) is 3.11. The van der Waals surface area contributed by atoms with Gasteiger partial charge in [0.25, 0.3) is 0 Å².